The highest BCUT2D eigenvalue weighted by Gasteiger charge is 2.34. The van der Waals surface area contributed by atoms with Gasteiger partial charge in [0.25, 0.3) is 0 Å². The first kappa shape index (κ1) is 18.6. The fraction of sp³-hybridized carbons (Fsp3) is 0.588. The van der Waals surface area contributed by atoms with Crippen LogP contribution < -0.4 is 10.6 Å². The summed E-state index contributed by atoms with van der Waals surface area (Å²) in [6.45, 7) is 2.74. The molecule has 1 unspecified atom stereocenters. The number of hydrogen-bond acceptors (Lipinski definition) is 2. The summed E-state index contributed by atoms with van der Waals surface area (Å²) in [5.41, 5.74) is 2.48. The molecule has 0 spiro atoms. The standard InChI is InChI=1S/C17H25F3N4/c1-3-13-6-4-5-7-14(13)10-22-16(21-2)23-15-8-9-24(11-15)12-17(18,19)20/h4-7,15H,3,8-12H2,1-2H3,(H2,21,22,23). The number of rotatable bonds is 5. The summed E-state index contributed by atoms with van der Waals surface area (Å²) >= 11 is 0. The Morgan fingerprint density at radius 1 is 1.29 bits per heavy atom. The summed E-state index contributed by atoms with van der Waals surface area (Å²) < 4.78 is 37.3. The van der Waals surface area contributed by atoms with Crippen LogP contribution in [0.2, 0.25) is 0 Å². The molecule has 0 aliphatic carbocycles. The zero-order valence-corrected chi connectivity index (χ0v) is 14.2. The molecule has 1 aromatic carbocycles. The van der Waals surface area contributed by atoms with Gasteiger partial charge in [0.05, 0.1) is 6.54 Å². The van der Waals surface area contributed by atoms with Crippen molar-refractivity contribution < 1.29 is 13.2 Å². The van der Waals surface area contributed by atoms with Crippen molar-refractivity contribution in [1.29, 1.82) is 0 Å². The highest BCUT2D eigenvalue weighted by molar-refractivity contribution is 5.80. The van der Waals surface area contributed by atoms with Crippen molar-refractivity contribution in [2.75, 3.05) is 26.7 Å². The Hall–Kier alpha value is -1.76. The summed E-state index contributed by atoms with van der Waals surface area (Å²) in [6.07, 6.45) is -2.50. The molecule has 1 aliphatic heterocycles. The van der Waals surface area contributed by atoms with Crippen LogP contribution in [0.15, 0.2) is 29.3 Å². The molecule has 0 amide bonds. The summed E-state index contributed by atoms with van der Waals surface area (Å²) in [5, 5.41) is 6.47. The summed E-state index contributed by atoms with van der Waals surface area (Å²) in [5.74, 6) is 0.625. The molecule has 1 aromatic rings. The highest BCUT2D eigenvalue weighted by Crippen LogP contribution is 2.19. The van der Waals surface area contributed by atoms with E-state index >= 15 is 0 Å². The van der Waals surface area contributed by atoms with Crippen molar-refractivity contribution in [2.45, 2.75) is 38.5 Å². The molecule has 2 N–H and O–H groups in total. The molecule has 1 atom stereocenters. The van der Waals surface area contributed by atoms with Crippen LogP contribution in [0.1, 0.15) is 24.5 Å². The normalized spacial score (nSPS) is 19.5. The van der Waals surface area contributed by atoms with E-state index in [9.17, 15) is 13.2 Å². The second-order valence-electron chi connectivity index (χ2n) is 6.03. The van der Waals surface area contributed by atoms with E-state index in [1.165, 1.54) is 16.0 Å². The lowest BCUT2D eigenvalue weighted by atomic mass is 10.1. The van der Waals surface area contributed by atoms with Gasteiger partial charge in [0.15, 0.2) is 5.96 Å². The smallest absolute Gasteiger partial charge is 0.352 e. The zero-order valence-electron chi connectivity index (χ0n) is 14.2. The van der Waals surface area contributed by atoms with Crippen LogP contribution >= 0.6 is 0 Å². The minimum Gasteiger partial charge on any atom is -0.352 e. The van der Waals surface area contributed by atoms with Gasteiger partial charge in [-0.25, -0.2) is 0 Å². The second kappa shape index (κ2) is 8.37. The SMILES string of the molecule is CCc1ccccc1CNC(=NC)NC1CCN(CC(F)(F)F)C1. The van der Waals surface area contributed by atoms with E-state index in [0.29, 0.717) is 32.0 Å². The van der Waals surface area contributed by atoms with E-state index in [4.69, 9.17) is 0 Å². The average Bonchev–Trinajstić information content (AvgIpc) is 2.96. The summed E-state index contributed by atoms with van der Waals surface area (Å²) in [7, 11) is 1.67. The van der Waals surface area contributed by atoms with Crippen LogP contribution in [0.4, 0.5) is 13.2 Å². The maximum atomic E-state index is 12.4. The molecule has 134 valence electrons. The Kier molecular flexibility index (Phi) is 6.48. The molecule has 1 saturated heterocycles. The molecule has 2 rings (SSSR count). The van der Waals surface area contributed by atoms with Crippen LogP contribution in [0.3, 0.4) is 0 Å². The van der Waals surface area contributed by atoms with E-state index < -0.39 is 12.7 Å². The minimum absolute atomic E-state index is 0.0139. The first-order chi connectivity index (χ1) is 11.4. The van der Waals surface area contributed by atoms with Gasteiger partial charge in [-0.3, -0.25) is 9.89 Å². The molecule has 4 nitrogen and oxygen atoms in total. The first-order valence-electron chi connectivity index (χ1n) is 8.24. The molecule has 1 heterocycles. The molecule has 1 fully saturated rings. The molecule has 0 bridgehead atoms. The van der Waals surface area contributed by atoms with E-state index in [1.54, 1.807) is 7.05 Å². The monoisotopic (exact) mass is 342 g/mol. The van der Waals surface area contributed by atoms with Crippen LogP contribution in [0.25, 0.3) is 0 Å². The molecular weight excluding hydrogens is 317 g/mol. The van der Waals surface area contributed by atoms with Gasteiger partial charge in [0.2, 0.25) is 0 Å². The largest absolute Gasteiger partial charge is 0.401 e. The number of benzene rings is 1. The number of alkyl halides is 3. The number of aliphatic imine (C=N–C) groups is 1. The highest BCUT2D eigenvalue weighted by atomic mass is 19.4. The maximum Gasteiger partial charge on any atom is 0.401 e. The van der Waals surface area contributed by atoms with Crippen molar-refractivity contribution in [3.05, 3.63) is 35.4 Å². The predicted octanol–water partition coefficient (Wildman–Crippen LogP) is 2.55. The fourth-order valence-corrected chi connectivity index (χ4v) is 2.99. The van der Waals surface area contributed by atoms with Gasteiger partial charge in [0, 0.05) is 32.7 Å². The van der Waals surface area contributed by atoms with Gasteiger partial charge < -0.3 is 10.6 Å². The average molecular weight is 342 g/mol. The van der Waals surface area contributed by atoms with Gasteiger partial charge in [-0.1, -0.05) is 31.2 Å². The minimum atomic E-state index is -4.14. The Morgan fingerprint density at radius 2 is 2.00 bits per heavy atom. The molecule has 0 radical (unpaired) electrons. The van der Waals surface area contributed by atoms with E-state index in [1.807, 2.05) is 12.1 Å². The molecule has 0 aromatic heterocycles. The topological polar surface area (TPSA) is 39.7 Å². The number of halogens is 3. The molecule has 1 aliphatic rings. The lowest BCUT2D eigenvalue weighted by molar-refractivity contribution is -0.143. The van der Waals surface area contributed by atoms with Crippen molar-refractivity contribution in [3.8, 4) is 0 Å². The Balaban J connectivity index is 1.83. The van der Waals surface area contributed by atoms with Gasteiger partial charge >= 0.3 is 6.18 Å². The van der Waals surface area contributed by atoms with Crippen LogP contribution in [-0.4, -0.2) is 49.8 Å². The van der Waals surface area contributed by atoms with Crippen LogP contribution in [0, 0.1) is 0 Å². The third-order valence-corrected chi connectivity index (χ3v) is 4.19. The van der Waals surface area contributed by atoms with Crippen molar-refractivity contribution in [3.63, 3.8) is 0 Å². The van der Waals surface area contributed by atoms with Gasteiger partial charge in [-0.15, -0.1) is 0 Å². The summed E-state index contributed by atoms with van der Waals surface area (Å²) in [6, 6.07) is 8.17. The third-order valence-electron chi connectivity index (χ3n) is 4.19. The number of nitrogens with zero attached hydrogens (tertiary/aromatic N) is 2. The number of aryl methyl sites for hydroxylation is 1. The van der Waals surface area contributed by atoms with Crippen LogP contribution in [-0.2, 0) is 13.0 Å². The van der Waals surface area contributed by atoms with E-state index in [2.05, 4.69) is 34.7 Å². The van der Waals surface area contributed by atoms with Gasteiger partial charge in [-0.2, -0.15) is 13.2 Å². The van der Waals surface area contributed by atoms with Crippen molar-refractivity contribution in [2.24, 2.45) is 4.99 Å². The Bertz CT molecular complexity index is 557. The van der Waals surface area contributed by atoms with Gasteiger partial charge in [0.1, 0.15) is 0 Å². The van der Waals surface area contributed by atoms with E-state index in [0.717, 1.165) is 6.42 Å². The van der Waals surface area contributed by atoms with Crippen molar-refractivity contribution >= 4 is 5.96 Å². The lowest BCUT2D eigenvalue weighted by Gasteiger charge is -2.20. The number of nitrogens with one attached hydrogen (secondary N) is 2. The zero-order chi connectivity index (χ0) is 17.6. The Morgan fingerprint density at radius 3 is 2.62 bits per heavy atom. The number of guanidine groups is 1. The quantitative estimate of drug-likeness (QED) is 0.638. The third kappa shape index (κ3) is 5.70. The first-order valence-corrected chi connectivity index (χ1v) is 8.24. The molecular formula is C17H25F3N4. The fourth-order valence-electron chi connectivity index (χ4n) is 2.99. The van der Waals surface area contributed by atoms with Crippen LogP contribution in [0.5, 0.6) is 0 Å². The molecule has 0 saturated carbocycles. The second-order valence-corrected chi connectivity index (χ2v) is 6.03. The van der Waals surface area contributed by atoms with E-state index in [-0.39, 0.29) is 6.04 Å². The summed E-state index contributed by atoms with van der Waals surface area (Å²) in [4.78, 5) is 5.60. The van der Waals surface area contributed by atoms with Gasteiger partial charge in [-0.05, 0) is 24.0 Å². The predicted molar refractivity (Wildman–Crippen MR) is 90.1 cm³/mol. The lowest BCUT2D eigenvalue weighted by Crippen LogP contribution is -2.45. The number of likely N-dealkylation sites (tertiary alicyclic amines) is 1. The molecule has 7 heteroatoms. The number of hydrogen-bond donors (Lipinski definition) is 2. The van der Waals surface area contributed by atoms with Crippen molar-refractivity contribution in [1.82, 2.24) is 15.5 Å². The Labute approximate surface area is 141 Å². The maximum absolute atomic E-state index is 12.4. The molecule has 24 heavy (non-hydrogen) atoms.